The first kappa shape index (κ1) is 14.4. The van der Waals surface area contributed by atoms with Crippen LogP contribution in [0.1, 0.15) is 24.0 Å². The highest BCUT2D eigenvalue weighted by molar-refractivity contribution is 9.10. The number of halogens is 3. The first-order valence-electron chi connectivity index (χ1n) is 6.28. The Morgan fingerprint density at radius 3 is 2.95 bits per heavy atom. The number of rotatable bonds is 2. The van der Waals surface area contributed by atoms with Crippen molar-refractivity contribution < 1.29 is 9.50 Å². The molecule has 1 aromatic carbocycles. The van der Waals surface area contributed by atoms with E-state index in [4.69, 9.17) is 11.6 Å². The molecule has 2 aromatic heterocycles. The number of hydrogen-bond donors (Lipinski definition) is 2. The maximum absolute atomic E-state index is 13.6. The molecule has 0 amide bonds. The molecule has 0 aliphatic heterocycles. The van der Waals surface area contributed by atoms with Crippen molar-refractivity contribution in [2.24, 2.45) is 0 Å². The second-order valence-corrected chi connectivity index (χ2v) is 6.13. The van der Waals surface area contributed by atoms with E-state index in [1.165, 1.54) is 6.07 Å². The smallest absolute Gasteiger partial charge is 0.165 e. The molecular formula is C15H11BrClFN2O. The number of nitrogens with one attached hydrogen (secondary N) is 1. The summed E-state index contributed by atoms with van der Waals surface area (Å²) in [6, 6.07) is 4.53. The van der Waals surface area contributed by atoms with E-state index >= 15 is 0 Å². The highest BCUT2D eigenvalue weighted by Crippen LogP contribution is 2.40. The summed E-state index contributed by atoms with van der Waals surface area (Å²) in [5.41, 5.74) is 1.99. The topological polar surface area (TPSA) is 48.9 Å². The van der Waals surface area contributed by atoms with Crippen molar-refractivity contribution in [3.05, 3.63) is 57.0 Å². The zero-order chi connectivity index (χ0) is 15.1. The Bertz CT molecular complexity index is 834. The summed E-state index contributed by atoms with van der Waals surface area (Å²) in [4.78, 5) is 7.34. The third-order valence-corrected chi connectivity index (χ3v) is 4.31. The SMILES string of the molecule is CC(c1c(Cl)ccc(F)c1O)c1c[nH]c2ncc(Br)cc12. The molecule has 6 heteroatoms. The minimum atomic E-state index is -0.680. The highest BCUT2D eigenvalue weighted by Gasteiger charge is 2.22. The lowest BCUT2D eigenvalue weighted by molar-refractivity contribution is 0.424. The van der Waals surface area contributed by atoms with Crippen LogP contribution in [0.3, 0.4) is 0 Å². The number of phenols is 1. The number of aromatic hydroxyl groups is 1. The Hall–Kier alpha value is -1.59. The number of nitrogens with zero attached hydrogens (tertiary/aromatic N) is 1. The van der Waals surface area contributed by atoms with E-state index in [1.807, 2.05) is 13.0 Å². The summed E-state index contributed by atoms with van der Waals surface area (Å²) in [6.07, 6.45) is 3.50. The van der Waals surface area contributed by atoms with E-state index in [0.29, 0.717) is 10.6 Å². The Kier molecular flexibility index (Phi) is 3.63. The van der Waals surface area contributed by atoms with Crippen molar-refractivity contribution in [2.75, 3.05) is 0 Å². The molecule has 0 saturated carbocycles. The van der Waals surface area contributed by atoms with Crippen molar-refractivity contribution in [1.29, 1.82) is 0 Å². The average Bonchev–Trinajstić information content (AvgIpc) is 2.86. The molecule has 0 spiro atoms. The molecule has 21 heavy (non-hydrogen) atoms. The Morgan fingerprint density at radius 1 is 1.43 bits per heavy atom. The Labute approximate surface area is 133 Å². The van der Waals surface area contributed by atoms with Crippen LogP contribution in [-0.4, -0.2) is 15.1 Å². The third-order valence-electron chi connectivity index (χ3n) is 3.54. The summed E-state index contributed by atoms with van der Waals surface area (Å²) in [6.45, 7) is 1.86. The number of benzene rings is 1. The fourth-order valence-corrected chi connectivity index (χ4v) is 3.13. The van der Waals surface area contributed by atoms with Crippen LogP contribution in [0.15, 0.2) is 35.1 Å². The van der Waals surface area contributed by atoms with Gasteiger partial charge in [0.2, 0.25) is 0 Å². The second kappa shape index (κ2) is 5.31. The zero-order valence-corrected chi connectivity index (χ0v) is 13.3. The summed E-state index contributed by atoms with van der Waals surface area (Å²) in [5.74, 6) is -1.37. The molecule has 3 aromatic rings. The predicted octanol–water partition coefficient (Wildman–Crippen LogP) is 4.98. The van der Waals surface area contributed by atoms with Crippen LogP contribution in [0, 0.1) is 5.82 Å². The first-order valence-corrected chi connectivity index (χ1v) is 7.45. The van der Waals surface area contributed by atoms with E-state index in [0.717, 1.165) is 27.1 Å². The van der Waals surface area contributed by atoms with Gasteiger partial charge < -0.3 is 10.1 Å². The standard InChI is InChI=1S/C15H11BrClFN2O/c1-7(13-11(17)2-3-12(18)14(13)21)10-6-20-15-9(10)4-8(16)5-19-15/h2-7,21H,1H3,(H,19,20). The quantitative estimate of drug-likeness (QED) is 0.669. The molecule has 2 heterocycles. The van der Waals surface area contributed by atoms with Crippen LogP contribution in [0.2, 0.25) is 5.02 Å². The molecule has 0 bridgehead atoms. The van der Waals surface area contributed by atoms with Crippen LogP contribution >= 0.6 is 27.5 Å². The first-order chi connectivity index (χ1) is 9.99. The molecular weight excluding hydrogens is 359 g/mol. The van der Waals surface area contributed by atoms with Gasteiger partial charge >= 0.3 is 0 Å². The number of hydrogen-bond acceptors (Lipinski definition) is 2. The molecule has 0 aliphatic carbocycles. The second-order valence-electron chi connectivity index (χ2n) is 4.81. The predicted molar refractivity (Wildman–Crippen MR) is 84.4 cm³/mol. The summed E-state index contributed by atoms with van der Waals surface area (Å²) < 4.78 is 14.4. The van der Waals surface area contributed by atoms with Crippen molar-refractivity contribution >= 4 is 38.6 Å². The van der Waals surface area contributed by atoms with E-state index in [2.05, 4.69) is 25.9 Å². The number of aromatic amines is 1. The molecule has 2 N–H and O–H groups in total. The zero-order valence-electron chi connectivity index (χ0n) is 11.0. The van der Waals surface area contributed by atoms with Crippen LogP contribution in [0.4, 0.5) is 4.39 Å². The van der Waals surface area contributed by atoms with Crippen LogP contribution < -0.4 is 0 Å². The number of fused-ring (bicyclic) bond motifs is 1. The van der Waals surface area contributed by atoms with E-state index in [-0.39, 0.29) is 5.92 Å². The summed E-state index contributed by atoms with van der Waals surface area (Å²) in [5, 5.41) is 11.2. The minimum absolute atomic E-state index is 0.280. The number of H-pyrrole nitrogens is 1. The largest absolute Gasteiger partial charge is 0.505 e. The van der Waals surface area contributed by atoms with Gasteiger partial charge in [-0.3, -0.25) is 0 Å². The van der Waals surface area contributed by atoms with Gasteiger partial charge in [-0.05, 0) is 39.7 Å². The van der Waals surface area contributed by atoms with E-state index in [9.17, 15) is 9.50 Å². The fraction of sp³-hybridized carbons (Fsp3) is 0.133. The third kappa shape index (κ3) is 2.40. The monoisotopic (exact) mass is 368 g/mol. The van der Waals surface area contributed by atoms with Crippen LogP contribution in [0.25, 0.3) is 11.0 Å². The van der Waals surface area contributed by atoms with Crippen LogP contribution in [-0.2, 0) is 0 Å². The van der Waals surface area contributed by atoms with E-state index in [1.54, 1.807) is 12.4 Å². The van der Waals surface area contributed by atoms with Gasteiger partial charge in [0.05, 0.1) is 0 Å². The number of aromatic nitrogens is 2. The van der Waals surface area contributed by atoms with Gasteiger partial charge in [0.1, 0.15) is 5.65 Å². The molecule has 0 fully saturated rings. The Balaban J connectivity index is 2.19. The van der Waals surface area contributed by atoms with Crippen LogP contribution in [0.5, 0.6) is 5.75 Å². The van der Waals surface area contributed by atoms with Gasteiger partial charge in [0, 0.05) is 38.8 Å². The number of phenolic OH excluding ortho intramolecular Hbond substituents is 1. The van der Waals surface area contributed by atoms with Crippen molar-refractivity contribution in [1.82, 2.24) is 9.97 Å². The van der Waals surface area contributed by atoms with Gasteiger partial charge in [-0.1, -0.05) is 18.5 Å². The lowest BCUT2D eigenvalue weighted by atomic mass is 9.92. The molecule has 0 saturated heterocycles. The fourth-order valence-electron chi connectivity index (χ4n) is 2.48. The average molecular weight is 370 g/mol. The lowest BCUT2D eigenvalue weighted by Gasteiger charge is -2.15. The maximum atomic E-state index is 13.6. The van der Waals surface area contributed by atoms with Gasteiger partial charge in [0.15, 0.2) is 11.6 Å². The summed E-state index contributed by atoms with van der Waals surface area (Å²) >= 11 is 9.52. The van der Waals surface area contributed by atoms with Gasteiger partial charge in [-0.15, -0.1) is 0 Å². The maximum Gasteiger partial charge on any atom is 0.165 e. The molecule has 1 unspecified atom stereocenters. The van der Waals surface area contributed by atoms with Gasteiger partial charge in [-0.2, -0.15) is 0 Å². The van der Waals surface area contributed by atoms with Crippen molar-refractivity contribution in [3.8, 4) is 5.75 Å². The molecule has 1 atom stereocenters. The normalized spacial score (nSPS) is 12.8. The minimum Gasteiger partial charge on any atom is -0.505 e. The molecule has 0 radical (unpaired) electrons. The molecule has 3 nitrogen and oxygen atoms in total. The van der Waals surface area contributed by atoms with Crippen molar-refractivity contribution in [3.63, 3.8) is 0 Å². The van der Waals surface area contributed by atoms with Crippen molar-refractivity contribution in [2.45, 2.75) is 12.8 Å². The number of pyridine rings is 1. The molecule has 0 aliphatic rings. The Morgan fingerprint density at radius 2 is 2.19 bits per heavy atom. The molecule has 3 rings (SSSR count). The van der Waals surface area contributed by atoms with Gasteiger partial charge in [-0.25, -0.2) is 9.37 Å². The van der Waals surface area contributed by atoms with Gasteiger partial charge in [0.25, 0.3) is 0 Å². The lowest BCUT2D eigenvalue weighted by Crippen LogP contribution is -1.98. The highest BCUT2D eigenvalue weighted by atomic mass is 79.9. The molecule has 108 valence electrons. The summed E-state index contributed by atoms with van der Waals surface area (Å²) in [7, 11) is 0. The van der Waals surface area contributed by atoms with E-state index < -0.39 is 11.6 Å².